The summed E-state index contributed by atoms with van der Waals surface area (Å²) in [4.78, 5) is 23.3. The van der Waals surface area contributed by atoms with Crippen LogP contribution in [-0.4, -0.2) is 51.7 Å². The number of carbonyl (C=O) groups is 1. The molecule has 1 amide bonds. The minimum Gasteiger partial charge on any atom is -0.377 e. The third-order valence-electron chi connectivity index (χ3n) is 4.98. The van der Waals surface area contributed by atoms with Gasteiger partial charge in [-0.15, -0.1) is 0 Å². The van der Waals surface area contributed by atoms with E-state index < -0.39 is 0 Å². The number of pyridine rings is 1. The van der Waals surface area contributed by atoms with Gasteiger partial charge in [-0.25, -0.2) is 0 Å². The summed E-state index contributed by atoms with van der Waals surface area (Å²) in [5.41, 5.74) is 0.411. The molecular weight excluding hydrogens is 308 g/mol. The van der Waals surface area contributed by atoms with Crippen molar-refractivity contribution in [2.45, 2.75) is 37.7 Å². The van der Waals surface area contributed by atoms with Crippen molar-refractivity contribution in [1.82, 2.24) is 20.0 Å². The number of carbonyl (C=O) groups excluding carboxylic acids is 1. The standard InChI is InChI=1S/C17H20N4O3/c1-12-19-16(24-20-12)17-6-9-23-14(17)5-8-21(11-17)15(22)10-13-4-2-3-7-18-13/h2-4,7,14H,5-6,8-11H2,1H3/t14-,17-/m0/s1. The number of likely N-dealkylation sites (tertiary alicyclic amines) is 1. The van der Waals surface area contributed by atoms with E-state index in [0.29, 0.717) is 37.8 Å². The van der Waals surface area contributed by atoms with Crippen LogP contribution in [0.3, 0.4) is 0 Å². The lowest BCUT2D eigenvalue weighted by Crippen LogP contribution is -2.54. The van der Waals surface area contributed by atoms with E-state index in [9.17, 15) is 4.79 Å². The molecule has 2 aromatic rings. The van der Waals surface area contributed by atoms with Crippen molar-refractivity contribution in [2.75, 3.05) is 19.7 Å². The summed E-state index contributed by atoms with van der Waals surface area (Å²) in [7, 11) is 0. The second-order valence-corrected chi connectivity index (χ2v) is 6.51. The second kappa shape index (κ2) is 5.98. The normalized spacial score (nSPS) is 26.4. The maximum Gasteiger partial charge on any atom is 0.237 e. The Morgan fingerprint density at radius 3 is 3.12 bits per heavy atom. The van der Waals surface area contributed by atoms with Crippen LogP contribution in [0.2, 0.25) is 0 Å². The third kappa shape index (κ3) is 2.58. The molecule has 7 heteroatoms. The molecule has 2 saturated heterocycles. The van der Waals surface area contributed by atoms with Gasteiger partial charge in [0, 0.05) is 31.6 Å². The first kappa shape index (κ1) is 15.3. The van der Waals surface area contributed by atoms with Gasteiger partial charge < -0.3 is 14.2 Å². The number of ether oxygens (including phenoxy) is 1. The van der Waals surface area contributed by atoms with Crippen molar-refractivity contribution >= 4 is 5.91 Å². The van der Waals surface area contributed by atoms with Gasteiger partial charge in [-0.2, -0.15) is 4.98 Å². The summed E-state index contributed by atoms with van der Waals surface area (Å²) in [5.74, 6) is 1.29. The highest BCUT2D eigenvalue weighted by Crippen LogP contribution is 2.42. The van der Waals surface area contributed by atoms with Crippen LogP contribution in [0, 0.1) is 6.92 Å². The fourth-order valence-corrected chi connectivity index (χ4v) is 3.73. The monoisotopic (exact) mass is 328 g/mol. The quantitative estimate of drug-likeness (QED) is 0.844. The molecule has 4 rings (SSSR count). The number of nitrogens with zero attached hydrogens (tertiary/aromatic N) is 4. The Bertz CT molecular complexity index is 732. The summed E-state index contributed by atoms with van der Waals surface area (Å²) in [5, 5.41) is 3.93. The lowest BCUT2D eigenvalue weighted by Gasteiger charge is -2.41. The lowest BCUT2D eigenvalue weighted by molar-refractivity contribution is -0.134. The molecule has 0 radical (unpaired) electrons. The van der Waals surface area contributed by atoms with Crippen LogP contribution in [0.5, 0.6) is 0 Å². The van der Waals surface area contributed by atoms with E-state index in [1.54, 1.807) is 13.1 Å². The van der Waals surface area contributed by atoms with Crippen LogP contribution in [0.25, 0.3) is 0 Å². The molecule has 0 spiro atoms. The summed E-state index contributed by atoms with van der Waals surface area (Å²) in [6, 6.07) is 5.62. The fourth-order valence-electron chi connectivity index (χ4n) is 3.73. The number of rotatable bonds is 3. The molecule has 0 aliphatic carbocycles. The Hall–Kier alpha value is -2.28. The maximum atomic E-state index is 12.7. The highest BCUT2D eigenvalue weighted by atomic mass is 16.5. The highest BCUT2D eigenvalue weighted by Gasteiger charge is 2.53. The zero-order valence-corrected chi connectivity index (χ0v) is 13.6. The van der Waals surface area contributed by atoms with Crippen LogP contribution in [0.15, 0.2) is 28.9 Å². The minimum absolute atomic E-state index is 0.0382. The first-order chi connectivity index (χ1) is 11.7. The van der Waals surface area contributed by atoms with Crippen molar-refractivity contribution in [3.8, 4) is 0 Å². The van der Waals surface area contributed by atoms with Crippen molar-refractivity contribution in [2.24, 2.45) is 0 Å². The summed E-state index contributed by atoms with van der Waals surface area (Å²) >= 11 is 0. The summed E-state index contributed by atoms with van der Waals surface area (Å²) < 4.78 is 11.4. The Kier molecular flexibility index (Phi) is 3.80. The van der Waals surface area contributed by atoms with E-state index in [1.807, 2.05) is 23.1 Å². The first-order valence-corrected chi connectivity index (χ1v) is 8.27. The number of hydrogen-bond acceptors (Lipinski definition) is 6. The van der Waals surface area contributed by atoms with Crippen molar-refractivity contribution in [3.05, 3.63) is 41.8 Å². The van der Waals surface area contributed by atoms with Gasteiger partial charge in [-0.1, -0.05) is 11.2 Å². The van der Waals surface area contributed by atoms with Gasteiger partial charge >= 0.3 is 0 Å². The zero-order valence-electron chi connectivity index (χ0n) is 13.6. The summed E-state index contributed by atoms with van der Waals surface area (Å²) in [6.45, 7) is 3.71. The molecule has 0 aromatic carbocycles. The van der Waals surface area contributed by atoms with Gasteiger partial charge in [-0.05, 0) is 31.9 Å². The van der Waals surface area contributed by atoms with Crippen LogP contribution in [0.4, 0.5) is 0 Å². The van der Waals surface area contributed by atoms with E-state index >= 15 is 0 Å². The molecule has 7 nitrogen and oxygen atoms in total. The number of aryl methyl sites for hydroxylation is 1. The minimum atomic E-state index is -0.376. The van der Waals surface area contributed by atoms with Crippen LogP contribution in [-0.2, 0) is 21.4 Å². The highest BCUT2D eigenvalue weighted by molar-refractivity contribution is 5.78. The first-order valence-electron chi connectivity index (χ1n) is 8.27. The lowest BCUT2D eigenvalue weighted by atomic mass is 9.76. The Morgan fingerprint density at radius 1 is 1.46 bits per heavy atom. The summed E-state index contributed by atoms with van der Waals surface area (Å²) in [6.07, 6.45) is 3.65. The van der Waals surface area contributed by atoms with E-state index in [1.165, 1.54) is 0 Å². The van der Waals surface area contributed by atoms with Crippen LogP contribution in [0.1, 0.15) is 30.3 Å². The SMILES string of the molecule is Cc1noc([C@]23CCO[C@H]2CCN(C(=O)Cc2ccccn2)C3)n1. The van der Waals surface area contributed by atoms with Crippen LogP contribution >= 0.6 is 0 Å². The molecule has 2 aromatic heterocycles. The molecule has 2 aliphatic heterocycles. The average molecular weight is 328 g/mol. The van der Waals surface area contributed by atoms with Crippen molar-refractivity contribution in [1.29, 1.82) is 0 Å². The average Bonchev–Trinajstić information content (AvgIpc) is 3.22. The molecule has 0 bridgehead atoms. The molecule has 2 atom stereocenters. The Balaban J connectivity index is 1.55. The molecule has 0 unspecified atom stereocenters. The van der Waals surface area contributed by atoms with Gasteiger partial charge in [0.05, 0.1) is 17.9 Å². The predicted molar refractivity (Wildman–Crippen MR) is 84.2 cm³/mol. The van der Waals surface area contributed by atoms with Crippen molar-refractivity contribution < 1.29 is 14.1 Å². The molecule has 2 fully saturated rings. The molecule has 126 valence electrons. The zero-order chi connectivity index (χ0) is 16.6. The fraction of sp³-hybridized carbons (Fsp3) is 0.529. The number of fused-ring (bicyclic) bond motifs is 1. The Labute approximate surface area is 140 Å². The second-order valence-electron chi connectivity index (χ2n) is 6.51. The largest absolute Gasteiger partial charge is 0.377 e. The maximum absolute atomic E-state index is 12.7. The van der Waals surface area contributed by atoms with Gasteiger partial charge in [0.2, 0.25) is 11.8 Å². The van der Waals surface area contributed by atoms with Gasteiger partial charge in [0.1, 0.15) is 0 Å². The molecule has 4 heterocycles. The molecule has 0 N–H and O–H groups in total. The van der Waals surface area contributed by atoms with E-state index in [0.717, 1.165) is 18.5 Å². The molecule has 2 aliphatic rings. The van der Waals surface area contributed by atoms with E-state index in [2.05, 4.69) is 15.1 Å². The van der Waals surface area contributed by atoms with Crippen LogP contribution < -0.4 is 0 Å². The number of amides is 1. The van der Waals surface area contributed by atoms with Gasteiger partial charge in [0.25, 0.3) is 0 Å². The van der Waals surface area contributed by atoms with Gasteiger partial charge in [-0.3, -0.25) is 9.78 Å². The van der Waals surface area contributed by atoms with E-state index in [4.69, 9.17) is 9.26 Å². The smallest absolute Gasteiger partial charge is 0.237 e. The van der Waals surface area contributed by atoms with Crippen molar-refractivity contribution in [3.63, 3.8) is 0 Å². The molecule has 24 heavy (non-hydrogen) atoms. The third-order valence-corrected chi connectivity index (χ3v) is 4.98. The Morgan fingerprint density at radius 2 is 2.38 bits per heavy atom. The number of piperidine rings is 1. The molecular formula is C17H20N4O3. The van der Waals surface area contributed by atoms with E-state index in [-0.39, 0.29) is 17.4 Å². The number of aromatic nitrogens is 3. The number of hydrogen-bond donors (Lipinski definition) is 0. The van der Waals surface area contributed by atoms with Gasteiger partial charge in [0.15, 0.2) is 5.82 Å². The molecule has 0 saturated carbocycles. The predicted octanol–water partition coefficient (Wildman–Crippen LogP) is 1.27. The topological polar surface area (TPSA) is 81.4 Å².